The number of hydrogen-bond acceptors (Lipinski definition) is 6. The van der Waals surface area contributed by atoms with Crippen molar-refractivity contribution in [3.05, 3.63) is 84.4 Å². The molecular formula is C29H28N6O2. The van der Waals surface area contributed by atoms with Crippen molar-refractivity contribution in [1.29, 1.82) is 0 Å². The van der Waals surface area contributed by atoms with Crippen LogP contribution in [0.5, 0.6) is 5.75 Å². The number of benzene rings is 3. The van der Waals surface area contributed by atoms with Crippen LogP contribution in [0.4, 0.5) is 5.95 Å². The number of amides is 1. The maximum atomic E-state index is 13.1. The van der Waals surface area contributed by atoms with Crippen LogP contribution in [0.15, 0.2) is 78.9 Å². The highest BCUT2D eigenvalue weighted by molar-refractivity contribution is 5.93. The first-order valence-corrected chi connectivity index (χ1v) is 12.6. The second-order valence-corrected chi connectivity index (χ2v) is 9.23. The molecule has 1 aliphatic rings. The number of ether oxygens (including phenoxy) is 1. The van der Waals surface area contributed by atoms with Gasteiger partial charge in [0, 0.05) is 37.1 Å². The van der Waals surface area contributed by atoms with Gasteiger partial charge >= 0.3 is 0 Å². The molecule has 37 heavy (non-hydrogen) atoms. The Bertz CT molecular complexity index is 1570. The van der Waals surface area contributed by atoms with Gasteiger partial charge in [0.2, 0.25) is 11.9 Å². The van der Waals surface area contributed by atoms with Crippen molar-refractivity contribution in [3.63, 3.8) is 0 Å². The van der Waals surface area contributed by atoms with E-state index < -0.39 is 0 Å². The summed E-state index contributed by atoms with van der Waals surface area (Å²) in [5.74, 6) is 2.41. The van der Waals surface area contributed by atoms with Crippen LogP contribution in [0.25, 0.3) is 27.9 Å². The quantitative estimate of drug-likeness (QED) is 0.365. The smallest absolute Gasteiger partial charge is 0.227 e. The summed E-state index contributed by atoms with van der Waals surface area (Å²) in [6.45, 7) is 2.82. The number of para-hydroxylation sites is 1. The van der Waals surface area contributed by atoms with Gasteiger partial charge in [-0.25, -0.2) is 9.38 Å². The van der Waals surface area contributed by atoms with E-state index in [2.05, 4.69) is 15.1 Å². The molecule has 0 bridgehead atoms. The Morgan fingerprint density at radius 1 is 0.892 bits per heavy atom. The zero-order valence-corrected chi connectivity index (χ0v) is 20.7. The number of nitrogens with zero attached hydrogens (tertiary/aromatic N) is 6. The van der Waals surface area contributed by atoms with E-state index >= 15 is 0 Å². The lowest BCUT2D eigenvalue weighted by Crippen LogP contribution is -2.36. The normalized spacial score (nSPS) is 14.2. The number of carbonyl (C=O) groups excluding carboxylic acids is 1. The summed E-state index contributed by atoms with van der Waals surface area (Å²) in [6, 6.07) is 25.8. The summed E-state index contributed by atoms with van der Waals surface area (Å²) in [6.07, 6.45) is 1.28. The van der Waals surface area contributed by atoms with E-state index in [4.69, 9.17) is 9.72 Å². The standard InChI is InChI=1S/C29H28N6O2/c1-37-23-12-7-11-22(20-23)27-31-32-28-24-13-5-6-14-25(24)30-29(35(27)28)34-16-8-15-33(17-18-34)26(36)19-21-9-3-2-4-10-21/h2-7,9-14,20H,8,15-19H2,1H3. The highest BCUT2D eigenvalue weighted by Crippen LogP contribution is 2.30. The summed E-state index contributed by atoms with van der Waals surface area (Å²) in [5.41, 5.74) is 3.58. The van der Waals surface area contributed by atoms with E-state index in [0.717, 1.165) is 58.9 Å². The van der Waals surface area contributed by atoms with Crippen LogP contribution < -0.4 is 9.64 Å². The van der Waals surface area contributed by atoms with Gasteiger partial charge in [0.25, 0.3) is 0 Å². The van der Waals surface area contributed by atoms with E-state index in [1.807, 2.05) is 88.2 Å². The van der Waals surface area contributed by atoms with Crippen molar-refractivity contribution < 1.29 is 9.53 Å². The Hall–Kier alpha value is -4.46. The third-order valence-corrected chi connectivity index (χ3v) is 6.89. The van der Waals surface area contributed by atoms with Crippen molar-refractivity contribution in [1.82, 2.24) is 24.5 Å². The fourth-order valence-electron chi connectivity index (χ4n) is 4.98. The summed E-state index contributed by atoms with van der Waals surface area (Å²) >= 11 is 0. The molecule has 1 fully saturated rings. The molecule has 6 rings (SSSR count). The van der Waals surface area contributed by atoms with Crippen LogP contribution >= 0.6 is 0 Å². The summed E-state index contributed by atoms with van der Waals surface area (Å²) < 4.78 is 7.49. The molecule has 1 saturated heterocycles. The van der Waals surface area contributed by atoms with E-state index in [9.17, 15) is 4.79 Å². The van der Waals surface area contributed by atoms with Gasteiger partial charge in [0.1, 0.15) is 5.75 Å². The number of anilines is 1. The molecule has 3 aromatic carbocycles. The highest BCUT2D eigenvalue weighted by atomic mass is 16.5. The predicted molar refractivity (Wildman–Crippen MR) is 144 cm³/mol. The molecule has 1 amide bonds. The van der Waals surface area contributed by atoms with Gasteiger partial charge in [-0.05, 0) is 36.2 Å². The van der Waals surface area contributed by atoms with Crippen molar-refractivity contribution in [2.24, 2.45) is 0 Å². The van der Waals surface area contributed by atoms with Crippen LogP contribution in [0.1, 0.15) is 12.0 Å². The zero-order chi connectivity index (χ0) is 25.2. The minimum Gasteiger partial charge on any atom is -0.497 e. The van der Waals surface area contributed by atoms with Crippen LogP contribution in [0.3, 0.4) is 0 Å². The molecule has 0 aliphatic carbocycles. The monoisotopic (exact) mass is 492 g/mol. The third-order valence-electron chi connectivity index (χ3n) is 6.89. The largest absolute Gasteiger partial charge is 0.497 e. The molecule has 2 aromatic heterocycles. The number of carbonyl (C=O) groups is 1. The fourth-order valence-corrected chi connectivity index (χ4v) is 4.98. The van der Waals surface area contributed by atoms with Crippen molar-refractivity contribution >= 4 is 28.4 Å². The minimum atomic E-state index is 0.158. The maximum Gasteiger partial charge on any atom is 0.227 e. The fraction of sp³-hybridized carbons (Fsp3) is 0.241. The second kappa shape index (κ2) is 9.89. The van der Waals surface area contributed by atoms with Crippen LogP contribution in [0, 0.1) is 0 Å². The van der Waals surface area contributed by atoms with Gasteiger partial charge in [0.15, 0.2) is 11.5 Å². The SMILES string of the molecule is COc1cccc(-c2nnc3c4ccccc4nc(N4CCCN(C(=O)Cc5ccccc5)CC4)n23)c1. The zero-order valence-electron chi connectivity index (χ0n) is 20.7. The van der Waals surface area contributed by atoms with Gasteiger partial charge in [-0.3, -0.25) is 4.79 Å². The highest BCUT2D eigenvalue weighted by Gasteiger charge is 2.24. The van der Waals surface area contributed by atoms with Crippen molar-refractivity contribution in [2.75, 3.05) is 38.2 Å². The second-order valence-electron chi connectivity index (χ2n) is 9.23. The molecule has 5 aromatic rings. The van der Waals surface area contributed by atoms with Crippen LogP contribution in [-0.4, -0.2) is 63.7 Å². The Kier molecular flexibility index (Phi) is 6.14. The van der Waals surface area contributed by atoms with Crippen LogP contribution in [-0.2, 0) is 11.2 Å². The van der Waals surface area contributed by atoms with E-state index in [1.165, 1.54) is 0 Å². The van der Waals surface area contributed by atoms with E-state index in [0.29, 0.717) is 25.3 Å². The van der Waals surface area contributed by atoms with Gasteiger partial charge < -0.3 is 14.5 Å². The number of hydrogen-bond donors (Lipinski definition) is 0. The molecule has 8 heteroatoms. The number of rotatable bonds is 5. The molecule has 8 nitrogen and oxygen atoms in total. The minimum absolute atomic E-state index is 0.158. The van der Waals surface area contributed by atoms with Gasteiger partial charge in [0.05, 0.1) is 19.0 Å². The van der Waals surface area contributed by atoms with E-state index in [-0.39, 0.29) is 5.91 Å². The maximum absolute atomic E-state index is 13.1. The number of methoxy groups -OCH3 is 1. The van der Waals surface area contributed by atoms with E-state index in [1.54, 1.807) is 7.11 Å². The summed E-state index contributed by atoms with van der Waals surface area (Å²) in [4.78, 5) is 22.4. The first-order valence-electron chi connectivity index (χ1n) is 12.6. The lowest BCUT2D eigenvalue weighted by atomic mass is 10.1. The van der Waals surface area contributed by atoms with Crippen molar-refractivity contribution in [3.8, 4) is 17.1 Å². The molecule has 0 N–H and O–H groups in total. The molecule has 186 valence electrons. The average Bonchev–Trinajstić information content (AvgIpc) is 3.24. The summed E-state index contributed by atoms with van der Waals surface area (Å²) in [7, 11) is 1.66. The molecule has 3 heterocycles. The molecule has 0 spiro atoms. The Morgan fingerprint density at radius 2 is 1.73 bits per heavy atom. The lowest BCUT2D eigenvalue weighted by Gasteiger charge is -2.24. The molecule has 0 radical (unpaired) electrons. The summed E-state index contributed by atoms with van der Waals surface area (Å²) in [5, 5.41) is 10.1. The topological polar surface area (TPSA) is 75.9 Å². The third kappa shape index (κ3) is 4.46. The molecular weight excluding hydrogens is 464 g/mol. The molecule has 1 aliphatic heterocycles. The molecule has 0 atom stereocenters. The lowest BCUT2D eigenvalue weighted by molar-refractivity contribution is -0.130. The molecule has 0 saturated carbocycles. The van der Waals surface area contributed by atoms with Crippen molar-refractivity contribution in [2.45, 2.75) is 12.8 Å². The Balaban J connectivity index is 1.37. The van der Waals surface area contributed by atoms with Crippen LogP contribution in [0.2, 0.25) is 0 Å². The predicted octanol–water partition coefficient (Wildman–Crippen LogP) is 4.23. The number of aromatic nitrogens is 4. The average molecular weight is 493 g/mol. The van der Waals surface area contributed by atoms with Gasteiger partial charge in [-0.2, -0.15) is 0 Å². The Labute approximate surface area is 215 Å². The van der Waals surface area contributed by atoms with Gasteiger partial charge in [-0.15, -0.1) is 10.2 Å². The van der Waals surface area contributed by atoms with Gasteiger partial charge in [-0.1, -0.05) is 54.6 Å². The Morgan fingerprint density at radius 3 is 2.59 bits per heavy atom. The first-order chi connectivity index (χ1) is 18.2. The first kappa shape index (κ1) is 23.0. The number of fused-ring (bicyclic) bond motifs is 3. The molecule has 0 unspecified atom stereocenters.